The first-order valence-corrected chi connectivity index (χ1v) is 9.80. The third kappa shape index (κ3) is 2.45. The number of sulfonamides is 1. The van der Waals surface area contributed by atoms with E-state index >= 15 is 0 Å². The summed E-state index contributed by atoms with van der Waals surface area (Å²) in [5.74, 6) is 0.436. The molecule has 0 amide bonds. The Hall–Kier alpha value is -1.37. The van der Waals surface area contributed by atoms with Crippen molar-refractivity contribution in [1.82, 2.24) is 4.90 Å². The van der Waals surface area contributed by atoms with Crippen LogP contribution < -0.4 is 4.72 Å². The second-order valence-corrected chi connectivity index (χ2v) is 8.95. The number of nitrogens with one attached hydrogen (secondary N) is 1. The van der Waals surface area contributed by atoms with Crippen LogP contribution in [0, 0.1) is 0 Å². The van der Waals surface area contributed by atoms with E-state index in [0.717, 1.165) is 42.7 Å². The van der Waals surface area contributed by atoms with Gasteiger partial charge in [0, 0.05) is 13.1 Å². The molecule has 0 bridgehead atoms. The van der Waals surface area contributed by atoms with Crippen molar-refractivity contribution in [3.05, 3.63) is 46.3 Å². The van der Waals surface area contributed by atoms with Gasteiger partial charge in [-0.25, -0.2) is 8.42 Å². The quantitative estimate of drug-likeness (QED) is 0.932. The molecule has 2 heterocycles. The predicted molar refractivity (Wildman–Crippen MR) is 88.7 cm³/mol. The van der Waals surface area contributed by atoms with Crippen LogP contribution in [-0.4, -0.2) is 20.4 Å². The second kappa shape index (κ2) is 5.08. The Kier molecular flexibility index (Phi) is 3.29. The minimum atomic E-state index is -3.49. The van der Waals surface area contributed by atoms with Crippen molar-refractivity contribution in [3.63, 3.8) is 0 Å². The smallest absolute Gasteiger partial charge is 0.271 e. The minimum Gasteiger partial charge on any atom is -0.298 e. The first-order valence-electron chi connectivity index (χ1n) is 7.44. The summed E-state index contributed by atoms with van der Waals surface area (Å²) in [6, 6.07) is 7.81. The first-order chi connectivity index (χ1) is 10.5. The highest BCUT2D eigenvalue weighted by molar-refractivity contribution is 7.94. The summed E-state index contributed by atoms with van der Waals surface area (Å²) < 4.78 is 28.9. The van der Waals surface area contributed by atoms with E-state index in [4.69, 9.17) is 0 Å². The molecule has 1 fully saturated rings. The van der Waals surface area contributed by atoms with Crippen molar-refractivity contribution in [3.8, 4) is 0 Å². The SMILES string of the molecule is CN1Cc2cccc(NS(=O)(=O)c3sccc3C3CC3)c2C1. The summed E-state index contributed by atoms with van der Waals surface area (Å²) in [6.45, 7) is 1.66. The Morgan fingerprint density at radius 2 is 2.05 bits per heavy atom. The molecule has 1 aromatic carbocycles. The van der Waals surface area contributed by atoms with E-state index < -0.39 is 10.0 Å². The Bertz CT molecular complexity index is 822. The molecular weight excluding hydrogens is 316 g/mol. The van der Waals surface area contributed by atoms with Gasteiger partial charge in [-0.1, -0.05) is 12.1 Å². The molecule has 0 unspecified atom stereocenters. The Morgan fingerprint density at radius 3 is 2.82 bits per heavy atom. The number of fused-ring (bicyclic) bond motifs is 1. The number of hydrogen-bond donors (Lipinski definition) is 1. The number of benzene rings is 1. The van der Waals surface area contributed by atoms with Gasteiger partial charge in [0.15, 0.2) is 0 Å². The number of hydrogen-bond acceptors (Lipinski definition) is 4. The Balaban J connectivity index is 1.69. The van der Waals surface area contributed by atoms with E-state index in [-0.39, 0.29) is 0 Å². The molecule has 1 saturated carbocycles. The molecule has 4 rings (SSSR count). The topological polar surface area (TPSA) is 49.4 Å². The molecule has 116 valence electrons. The van der Waals surface area contributed by atoms with Gasteiger partial charge in [-0.05, 0) is 60.0 Å². The molecule has 0 atom stereocenters. The first kappa shape index (κ1) is 14.2. The fraction of sp³-hybridized carbons (Fsp3) is 0.375. The van der Waals surface area contributed by atoms with Crippen molar-refractivity contribution in [2.24, 2.45) is 0 Å². The monoisotopic (exact) mass is 334 g/mol. The van der Waals surface area contributed by atoms with Crippen LogP contribution in [0.15, 0.2) is 33.9 Å². The van der Waals surface area contributed by atoms with Crippen LogP contribution in [0.25, 0.3) is 0 Å². The summed E-state index contributed by atoms with van der Waals surface area (Å²) in [6.07, 6.45) is 2.20. The van der Waals surface area contributed by atoms with Crippen LogP contribution in [0.5, 0.6) is 0 Å². The minimum absolute atomic E-state index is 0.436. The molecule has 2 aliphatic rings. The zero-order valence-corrected chi connectivity index (χ0v) is 14.0. The van der Waals surface area contributed by atoms with E-state index in [9.17, 15) is 8.42 Å². The molecule has 1 aliphatic heterocycles. The van der Waals surface area contributed by atoms with Crippen molar-refractivity contribution >= 4 is 27.0 Å². The fourth-order valence-corrected chi connectivity index (χ4v) is 5.72. The van der Waals surface area contributed by atoms with Gasteiger partial charge in [0.25, 0.3) is 10.0 Å². The second-order valence-electron chi connectivity index (χ2n) is 6.16. The number of thiophene rings is 1. The van der Waals surface area contributed by atoms with E-state index in [1.54, 1.807) is 0 Å². The van der Waals surface area contributed by atoms with Crippen LogP contribution in [0.2, 0.25) is 0 Å². The van der Waals surface area contributed by atoms with E-state index in [2.05, 4.69) is 15.7 Å². The van der Waals surface area contributed by atoms with Crippen molar-refractivity contribution < 1.29 is 8.42 Å². The maximum absolute atomic E-state index is 12.8. The van der Waals surface area contributed by atoms with Crippen LogP contribution in [0.3, 0.4) is 0 Å². The van der Waals surface area contributed by atoms with Crippen molar-refractivity contribution in [2.75, 3.05) is 11.8 Å². The van der Waals surface area contributed by atoms with Gasteiger partial charge in [0.1, 0.15) is 4.21 Å². The molecule has 4 nitrogen and oxygen atoms in total. The van der Waals surface area contributed by atoms with Gasteiger partial charge < -0.3 is 0 Å². The van der Waals surface area contributed by atoms with Gasteiger partial charge in [-0.3, -0.25) is 9.62 Å². The molecule has 1 N–H and O–H groups in total. The highest BCUT2D eigenvalue weighted by atomic mass is 32.2. The van der Waals surface area contributed by atoms with E-state index in [1.807, 2.05) is 30.6 Å². The maximum Gasteiger partial charge on any atom is 0.271 e. The van der Waals surface area contributed by atoms with Crippen LogP contribution in [0.4, 0.5) is 5.69 Å². The van der Waals surface area contributed by atoms with Crippen molar-refractivity contribution in [2.45, 2.75) is 36.1 Å². The zero-order chi connectivity index (χ0) is 15.3. The normalized spacial score (nSPS) is 18.4. The molecule has 6 heteroatoms. The van der Waals surface area contributed by atoms with Gasteiger partial charge >= 0.3 is 0 Å². The lowest BCUT2D eigenvalue weighted by molar-refractivity contribution is 0.353. The molecule has 0 saturated heterocycles. The lowest BCUT2D eigenvalue weighted by Gasteiger charge is -2.12. The van der Waals surface area contributed by atoms with E-state index in [1.165, 1.54) is 16.9 Å². The van der Waals surface area contributed by atoms with Crippen LogP contribution in [-0.2, 0) is 23.1 Å². The third-order valence-electron chi connectivity index (χ3n) is 4.31. The van der Waals surface area contributed by atoms with E-state index in [0.29, 0.717) is 10.1 Å². The summed E-state index contributed by atoms with van der Waals surface area (Å²) in [5.41, 5.74) is 4.01. The average molecular weight is 334 g/mol. The highest BCUT2D eigenvalue weighted by Gasteiger charge is 2.32. The lowest BCUT2D eigenvalue weighted by Crippen LogP contribution is -2.15. The summed E-state index contributed by atoms with van der Waals surface area (Å²) in [4.78, 5) is 2.18. The van der Waals surface area contributed by atoms with Gasteiger partial charge in [0.2, 0.25) is 0 Å². The molecular formula is C16H18N2O2S2. The zero-order valence-electron chi connectivity index (χ0n) is 12.4. The Labute approximate surface area is 134 Å². The molecule has 1 aliphatic carbocycles. The number of nitrogens with zero attached hydrogens (tertiary/aromatic N) is 1. The predicted octanol–water partition coefficient (Wildman–Crippen LogP) is 3.37. The fourth-order valence-electron chi connectivity index (χ4n) is 3.09. The number of anilines is 1. The number of rotatable bonds is 4. The molecule has 0 spiro atoms. The third-order valence-corrected chi connectivity index (χ3v) is 7.19. The molecule has 2 aromatic rings. The molecule has 22 heavy (non-hydrogen) atoms. The van der Waals surface area contributed by atoms with Gasteiger partial charge in [0.05, 0.1) is 5.69 Å². The molecule has 0 radical (unpaired) electrons. The standard InChI is InChI=1S/C16H18N2O2S2/c1-18-9-12-3-2-4-15(14(12)10-18)17-22(19,20)16-13(7-8-21-16)11-5-6-11/h2-4,7-8,11,17H,5-6,9-10H2,1H3. The van der Waals surface area contributed by atoms with Crippen LogP contribution in [0.1, 0.15) is 35.4 Å². The van der Waals surface area contributed by atoms with Crippen LogP contribution >= 0.6 is 11.3 Å². The summed E-state index contributed by atoms with van der Waals surface area (Å²) in [7, 11) is -1.45. The lowest BCUT2D eigenvalue weighted by atomic mass is 10.1. The van der Waals surface area contributed by atoms with Gasteiger partial charge in [-0.2, -0.15) is 0 Å². The highest BCUT2D eigenvalue weighted by Crippen LogP contribution is 2.45. The van der Waals surface area contributed by atoms with Gasteiger partial charge in [-0.15, -0.1) is 11.3 Å². The average Bonchev–Trinajstić information content (AvgIpc) is 3.04. The van der Waals surface area contributed by atoms with Crippen molar-refractivity contribution in [1.29, 1.82) is 0 Å². The maximum atomic E-state index is 12.8. The Morgan fingerprint density at radius 1 is 1.23 bits per heavy atom. The summed E-state index contributed by atoms with van der Waals surface area (Å²) in [5, 5.41) is 1.88. The largest absolute Gasteiger partial charge is 0.298 e. The summed E-state index contributed by atoms with van der Waals surface area (Å²) >= 11 is 1.32. The molecule has 1 aromatic heterocycles.